The normalized spacial score (nSPS) is 9.83. The molecular weight excluding hydrogens is 314 g/mol. The molecule has 2 aromatic carbocycles. The molecule has 0 aliphatic rings. The van der Waals surface area contributed by atoms with Crippen LogP contribution in [0.25, 0.3) is 0 Å². The maximum atomic E-state index is 8.99. The van der Waals surface area contributed by atoms with Gasteiger partial charge in [-0.1, -0.05) is 39.7 Å². The molecule has 0 saturated carbocycles. The Kier molecular flexibility index (Phi) is 4.24. The molecule has 0 spiro atoms. The second-order valence-electron chi connectivity index (χ2n) is 3.67. The number of benzene rings is 2. The van der Waals surface area contributed by atoms with Crippen LogP contribution in [0.2, 0.25) is 5.02 Å². The van der Waals surface area contributed by atoms with Gasteiger partial charge >= 0.3 is 0 Å². The van der Waals surface area contributed by atoms with Crippen LogP contribution in [-0.4, -0.2) is 0 Å². The molecule has 4 heteroatoms. The second-order valence-corrected chi connectivity index (χ2v) is 5.02. The van der Waals surface area contributed by atoms with Crippen molar-refractivity contribution in [3.63, 3.8) is 0 Å². The van der Waals surface area contributed by atoms with Crippen LogP contribution in [-0.2, 0) is 6.61 Å². The lowest BCUT2D eigenvalue weighted by molar-refractivity contribution is 0.305. The number of rotatable bonds is 3. The molecule has 18 heavy (non-hydrogen) atoms. The fraction of sp³-hybridized carbons (Fsp3) is 0.0714. The van der Waals surface area contributed by atoms with Crippen molar-refractivity contribution in [2.24, 2.45) is 0 Å². The predicted octanol–water partition coefficient (Wildman–Crippen LogP) is 4.55. The SMILES string of the molecule is N#Cc1cc(Cl)ccc1OCc1cccc(Br)c1. The summed E-state index contributed by atoms with van der Waals surface area (Å²) in [5.74, 6) is 0.543. The van der Waals surface area contributed by atoms with Gasteiger partial charge in [0, 0.05) is 9.50 Å². The van der Waals surface area contributed by atoms with Crippen LogP contribution >= 0.6 is 27.5 Å². The molecule has 0 N–H and O–H groups in total. The molecular formula is C14H9BrClNO. The monoisotopic (exact) mass is 321 g/mol. The van der Waals surface area contributed by atoms with Crippen LogP contribution in [0.3, 0.4) is 0 Å². The van der Waals surface area contributed by atoms with E-state index in [1.54, 1.807) is 18.2 Å². The van der Waals surface area contributed by atoms with E-state index >= 15 is 0 Å². The van der Waals surface area contributed by atoms with Crippen LogP contribution in [0.4, 0.5) is 0 Å². The Bertz CT molecular complexity index is 607. The van der Waals surface area contributed by atoms with Crippen LogP contribution in [0.15, 0.2) is 46.9 Å². The van der Waals surface area contributed by atoms with Gasteiger partial charge < -0.3 is 4.74 Å². The molecule has 0 fully saturated rings. The van der Waals surface area contributed by atoms with E-state index in [1.165, 1.54) is 0 Å². The highest BCUT2D eigenvalue weighted by Gasteiger charge is 2.04. The van der Waals surface area contributed by atoms with E-state index in [1.807, 2.05) is 24.3 Å². The lowest BCUT2D eigenvalue weighted by Crippen LogP contribution is -1.97. The summed E-state index contributed by atoms with van der Waals surface area (Å²) in [5.41, 5.74) is 1.47. The Morgan fingerprint density at radius 2 is 2.06 bits per heavy atom. The third-order valence-corrected chi connectivity index (χ3v) is 3.07. The van der Waals surface area contributed by atoms with Gasteiger partial charge in [-0.25, -0.2) is 0 Å². The number of halogens is 2. The van der Waals surface area contributed by atoms with Gasteiger partial charge in [0.05, 0.1) is 5.56 Å². The number of hydrogen-bond acceptors (Lipinski definition) is 2. The first kappa shape index (κ1) is 12.9. The molecule has 0 saturated heterocycles. The maximum Gasteiger partial charge on any atom is 0.137 e. The topological polar surface area (TPSA) is 33.0 Å². The number of nitriles is 1. The summed E-state index contributed by atoms with van der Waals surface area (Å²) in [4.78, 5) is 0. The van der Waals surface area contributed by atoms with E-state index < -0.39 is 0 Å². The number of hydrogen-bond donors (Lipinski definition) is 0. The Morgan fingerprint density at radius 3 is 2.78 bits per heavy atom. The molecule has 0 unspecified atom stereocenters. The summed E-state index contributed by atoms with van der Waals surface area (Å²) >= 11 is 9.22. The highest BCUT2D eigenvalue weighted by atomic mass is 79.9. The number of ether oxygens (including phenoxy) is 1. The summed E-state index contributed by atoms with van der Waals surface area (Å²) in [6.07, 6.45) is 0. The van der Waals surface area contributed by atoms with Gasteiger partial charge in [-0.3, -0.25) is 0 Å². The molecule has 2 nitrogen and oxygen atoms in total. The first-order valence-corrected chi connectivity index (χ1v) is 6.43. The molecule has 0 amide bonds. The fourth-order valence-electron chi connectivity index (χ4n) is 1.50. The van der Waals surface area contributed by atoms with Crippen LogP contribution in [0, 0.1) is 11.3 Å². The molecule has 0 bridgehead atoms. The third kappa shape index (κ3) is 3.25. The van der Waals surface area contributed by atoms with E-state index in [2.05, 4.69) is 22.0 Å². The van der Waals surface area contributed by atoms with Gasteiger partial charge in [0.15, 0.2) is 0 Å². The Balaban J connectivity index is 2.14. The highest BCUT2D eigenvalue weighted by Crippen LogP contribution is 2.23. The second kappa shape index (κ2) is 5.90. The molecule has 0 radical (unpaired) electrons. The van der Waals surface area contributed by atoms with Crippen molar-refractivity contribution in [2.45, 2.75) is 6.61 Å². The molecule has 2 aromatic rings. The quantitative estimate of drug-likeness (QED) is 0.830. The predicted molar refractivity (Wildman–Crippen MR) is 74.6 cm³/mol. The smallest absolute Gasteiger partial charge is 0.137 e. The summed E-state index contributed by atoms with van der Waals surface area (Å²) in [6, 6.07) is 14.9. The average Bonchev–Trinajstić information content (AvgIpc) is 2.37. The van der Waals surface area contributed by atoms with Gasteiger partial charge in [-0.2, -0.15) is 5.26 Å². The summed E-state index contributed by atoms with van der Waals surface area (Å²) in [6.45, 7) is 0.412. The maximum absolute atomic E-state index is 8.99. The number of nitrogens with zero attached hydrogens (tertiary/aromatic N) is 1. The Morgan fingerprint density at radius 1 is 1.22 bits per heavy atom. The summed E-state index contributed by atoms with van der Waals surface area (Å²) in [5, 5.41) is 9.52. The van der Waals surface area contributed by atoms with Crippen molar-refractivity contribution >= 4 is 27.5 Å². The standard InChI is InChI=1S/C14H9BrClNO/c15-12-3-1-2-10(6-12)9-18-14-5-4-13(16)7-11(14)8-17/h1-7H,9H2. The largest absolute Gasteiger partial charge is 0.488 e. The van der Waals surface area contributed by atoms with Gasteiger partial charge in [0.1, 0.15) is 18.4 Å². The van der Waals surface area contributed by atoms with Gasteiger partial charge in [-0.05, 0) is 35.9 Å². The minimum absolute atomic E-state index is 0.412. The summed E-state index contributed by atoms with van der Waals surface area (Å²) < 4.78 is 6.62. The third-order valence-electron chi connectivity index (χ3n) is 2.35. The van der Waals surface area contributed by atoms with E-state index in [0.29, 0.717) is 22.9 Å². The van der Waals surface area contributed by atoms with Crippen LogP contribution in [0.5, 0.6) is 5.75 Å². The molecule has 0 aromatic heterocycles. The average molecular weight is 323 g/mol. The molecule has 0 aliphatic carbocycles. The summed E-state index contributed by atoms with van der Waals surface area (Å²) in [7, 11) is 0. The lowest BCUT2D eigenvalue weighted by Gasteiger charge is -2.08. The van der Waals surface area contributed by atoms with Crippen molar-refractivity contribution in [2.75, 3.05) is 0 Å². The van der Waals surface area contributed by atoms with E-state index in [9.17, 15) is 0 Å². The van der Waals surface area contributed by atoms with Crippen molar-refractivity contribution in [1.82, 2.24) is 0 Å². The van der Waals surface area contributed by atoms with Crippen LogP contribution < -0.4 is 4.74 Å². The van der Waals surface area contributed by atoms with Gasteiger partial charge in [-0.15, -0.1) is 0 Å². The zero-order valence-corrected chi connectivity index (χ0v) is 11.7. The van der Waals surface area contributed by atoms with Gasteiger partial charge in [0.2, 0.25) is 0 Å². The van der Waals surface area contributed by atoms with Crippen molar-refractivity contribution in [3.8, 4) is 11.8 Å². The van der Waals surface area contributed by atoms with E-state index in [4.69, 9.17) is 21.6 Å². The highest BCUT2D eigenvalue weighted by molar-refractivity contribution is 9.10. The van der Waals surface area contributed by atoms with E-state index in [-0.39, 0.29) is 0 Å². The Hall–Kier alpha value is -1.50. The first-order chi connectivity index (χ1) is 8.69. The molecule has 0 atom stereocenters. The van der Waals surface area contributed by atoms with Crippen LogP contribution in [0.1, 0.15) is 11.1 Å². The minimum Gasteiger partial charge on any atom is -0.488 e. The van der Waals surface area contributed by atoms with Crippen molar-refractivity contribution < 1.29 is 4.74 Å². The van der Waals surface area contributed by atoms with E-state index in [0.717, 1.165) is 10.0 Å². The lowest BCUT2D eigenvalue weighted by atomic mass is 10.2. The Labute approximate surface area is 119 Å². The van der Waals surface area contributed by atoms with Crippen molar-refractivity contribution in [1.29, 1.82) is 5.26 Å². The molecule has 2 rings (SSSR count). The van der Waals surface area contributed by atoms with Crippen molar-refractivity contribution in [3.05, 3.63) is 63.1 Å². The fourth-order valence-corrected chi connectivity index (χ4v) is 2.12. The molecule has 0 heterocycles. The zero-order chi connectivity index (χ0) is 13.0. The zero-order valence-electron chi connectivity index (χ0n) is 9.36. The molecule has 90 valence electrons. The molecule has 0 aliphatic heterocycles. The first-order valence-electron chi connectivity index (χ1n) is 5.26. The minimum atomic E-state index is 0.412. The van der Waals surface area contributed by atoms with Gasteiger partial charge in [0.25, 0.3) is 0 Å².